The quantitative estimate of drug-likeness (QED) is 0.772. The molecule has 1 aromatic rings. The van der Waals surface area contributed by atoms with Crippen LogP contribution >= 0.6 is 11.6 Å². The van der Waals surface area contributed by atoms with Crippen LogP contribution in [0, 0.1) is 11.3 Å². The molecule has 0 bridgehead atoms. The fraction of sp³-hybridized carbons (Fsp3) is 0.111. The molecular formula is C9H7ClN2O2. The van der Waals surface area contributed by atoms with Crippen LogP contribution in [-0.4, -0.2) is 11.1 Å². The van der Waals surface area contributed by atoms with Crippen LogP contribution in [0.5, 0.6) is 0 Å². The number of nitrogens with two attached hydrogens (primary N) is 1. The number of carbonyl (C=O) groups is 1. The van der Waals surface area contributed by atoms with E-state index in [2.05, 4.69) is 0 Å². The van der Waals surface area contributed by atoms with Crippen LogP contribution in [0.4, 0.5) is 0 Å². The molecule has 0 unspecified atom stereocenters. The Balaban J connectivity index is 3.49. The summed E-state index contributed by atoms with van der Waals surface area (Å²) < 4.78 is 0. The summed E-state index contributed by atoms with van der Waals surface area (Å²) in [5.74, 6) is -1.13. The van der Waals surface area contributed by atoms with Crippen molar-refractivity contribution in [1.29, 1.82) is 5.26 Å². The second-order valence-electron chi connectivity index (χ2n) is 2.60. The van der Waals surface area contributed by atoms with Crippen molar-refractivity contribution in [2.75, 3.05) is 0 Å². The molecular weight excluding hydrogens is 204 g/mol. The largest absolute Gasteiger partial charge is 0.478 e. The molecule has 0 amide bonds. The summed E-state index contributed by atoms with van der Waals surface area (Å²) in [6.45, 7) is 0.00168. The number of hydrogen-bond donors (Lipinski definition) is 2. The Kier molecular flexibility index (Phi) is 3.07. The highest BCUT2D eigenvalue weighted by molar-refractivity contribution is 6.31. The number of halogens is 1. The summed E-state index contributed by atoms with van der Waals surface area (Å²) in [5.41, 5.74) is 5.86. The van der Waals surface area contributed by atoms with Gasteiger partial charge in [-0.1, -0.05) is 11.6 Å². The number of carboxylic acids is 1. The molecule has 5 heteroatoms. The Morgan fingerprint density at radius 3 is 2.71 bits per heavy atom. The summed E-state index contributed by atoms with van der Waals surface area (Å²) in [7, 11) is 0. The molecule has 0 radical (unpaired) electrons. The first-order chi connectivity index (χ1) is 6.60. The zero-order chi connectivity index (χ0) is 10.7. The molecule has 0 fully saturated rings. The number of hydrogen-bond acceptors (Lipinski definition) is 3. The van der Waals surface area contributed by atoms with Crippen LogP contribution in [0.15, 0.2) is 12.1 Å². The molecule has 0 saturated carbocycles. The minimum absolute atomic E-state index is 0.00168. The van der Waals surface area contributed by atoms with E-state index >= 15 is 0 Å². The summed E-state index contributed by atoms with van der Waals surface area (Å²) >= 11 is 5.65. The van der Waals surface area contributed by atoms with Crippen LogP contribution in [-0.2, 0) is 6.54 Å². The van der Waals surface area contributed by atoms with E-state index in [1.807, 2.05) is 6.07 Å². The number of benzene rings is 1. The standard InChI is InChI=1S/C9H7ClN2O2/c10-6-1-5(3-11)8(4-12)7(2-6)9(13)14/h1-2H,4,12H2,(H,13,14). The third-order valence-corrected chi connectivity index (χ3v) is 1.99. The van der Waals surface area contributed by atoms with Gasteiger partial charge in [0.15, 0.2) is 0 Å². The Bertz CT molecular complexity index is 424. The van der Waals surface area contributed by atoms with Gasteiger partial charge in [0.1, 0.15) is 0 Å². The van der Waals surface area contributed by atoms with Crippen LogP contribution in [0.3, 0.4) is 0 Å². The Morgan fingerprint density at radius 1 is 1.64 bits per heavy atom. The van der Waals surface area contributed by atoms with Crippen LogP contribution in [0.2, 0.25) is 5.02 Å². The van der Waals surface area contributed by atoms with E-state index in [0.717, 1.165) is 0 Å². The van der Waals surface area contributed by atoms with Gasteiger partial charge in [-0.2, -0.15) is 5.26 Å². The predicted octanol–water partition coefficient (Wildman–Crippen LogP) is 1.37. The first-order valence-electron chi connectivity index (χ1n) is 3.76. The lowest BCUT2D eigenvalue weighted by Crippen LogP contribution is -2.09. The van der Waals surface area contributed by atoms with E-state index in [1.165, 1.54) is 12.1 Å². The van der Waals surface area contributed by atoms with Gasteiger partial charge in [0, 0.05) is 11.6 Å². The highest BCUT2D eigenvalue weighted by Gasteiger charge is 2.14. The van der Waals surface area contributed by atoms with Crippen molar-refractivity contribution >= 4 is 17.6 Å². The van der Waals surface area contributed by atoms with Crippen molar-refractivity contribution in [2.24, 2.45) is 5.73 Å². The molecule has 0 spiro atoms. The van der Waals surface area contributed by atoms with Crippen molar-refractivity contribution in [2.45, 2.75) is 6.54 Å². The molecule has 0 aromatic heterocycles. The van der Waals surface area contributed by atoms with Crippen LogP contribution in [0.1, 0.15) is 21.5 Å². The van der Waals surface area contributed by atoms with Crippen molar-refractivity contribution in [3.63, 3.8) is 0 Å². The van der Waals surface area contributed by atoms with E-state index in [4.69, 9.17) is 27.7 Å². The lowest BCUT2D eigenvalue weighted by Gasteiger charge is -2.05. The minimum atomic E-state index is -1.13. The Labute approximate surface area is 85.5 Å². The first-order valence-corrected chi connectivity index (χ1v) is 4.13. The van der Waals surface area contributed by atoms with Gasteiger partial charge in [-0.3, -0.25) is 0 Å². The van der Waals surface area contributed by atoms with Gasteiger partial charge in [0.25, 0.3) is 0 Å². The Morgan fingerprint density at radius 2 is 2.29 bits per heavy atom. The van der Waals surface area contributed by atoms with Gasteiger partial charge < -0.3 is 10.8 Å². The zero-order valence-corrected chi connectivity index (χ0v) is 7.88. The summed E-state index contributed by atoms with van der Waals surface area (Å²) in [6.07, 6.45) is 0. The number of nitriles is 1. The van der Waals surface area contributed by atoms with Gasteiger partial charge in [-0.15, -0.1) is 0 Å². The molecule has 3 N–H and O–H groups in total. The van der Waals surface area contributed by atoms with E-state index in [0.29, 0.717) is 5.56 Å². The SMILES string of the molecule is N#Cc1cc(Cl)cc(C(=O)O)c1CN. The molecule has 0 heterocycles. The number of carboxylic acid groups (broad SMARTS) is 1. The van der Waals surface area contributed by atoms with E-state index < -0.39 is 5.97 Å². The van der Waals surface area contributed by atoms with Gasteiger partial charge in [-0.25, -0.2) is 4.79 Å². The Hall–Kier alpha value is -1.57. The topological polar surface area (TPSA) is 87.1 Å². The average molecular weight is 211 g/mol. The zero-order valence-electron chi connectivity index (χ0n) is 7.12. The lowest BCUT2D eigenvalue weighted by molar-refractivity contribution is 0.0695. The molecule has 0 aliphatic carbocycles. The maximum atomic E-state index is 10.8. The van der Waals surface area contributed by atoms with Crippen molar-refractivity contribution in [1.82, 2.24) is 0 Å². The van der Waals surface area contributed by atoms with Gasteiger partial charge in [0.05, 0.1) is 17.2 Å². The summed E-state index contributed by atoms with van der Waals surface area (Å²) in [5, 5.41) is 17.8. The molecule has 1 aromatic carbocycles. The molecule has 1 rings (SSSR count). The second kappa shape index (κ2) is 4.09. The minimum Gasteiger partial charge on any atom is -0.478 e. The maximum Gasteiger partial charge on any atom is 0.336 e. The van der Waals surface area contributed by atoms with E-state index in [9.17, 15) is 4.79 Å². The van der Waals surface area contributed by atoms with Gasteiger partial charge >= 0.3 is 5.97 Å². The molecule has 0 aliphatic rings. The predicted molar refractivity (Wildman–Crippen MR) is 51.0 cm³/mol. The molecule has 72 valence electrons. The van der Waals surface area contributed by atoms with Gasteiger partial charge in [0.2, 0.25) is 0 Å². The number of nitrogens with zero attached hydrogens (tertiary/aromatic N) is 1. The normalized spacial score (nSPS) is 9.50. The maximum absolute atomic E-state index is 10.8. The molecule has 4 nitrogen and oxygen atoms in total. The van der Waals surface area contributed by atoms with E-state index in [-0.39, 0.29) is 22.7 Å². The highest BCUT2D eigenvalue weighted by Crippen LogP contribution is 2.20. The molecule has 0 aliphatic heterocycles. The fourth-order valence-electron chi connectivity index (χ4n) is 1.15. The second-order valence-corrected chi connectivity index (χ2v) is 3.04. The third-order valence-electron chi connectivity index (χ3n) is 1.77. The van der Waals surface area contributed by atoms with E-state index in [1.54, 1.807) is 0 Å². The monoisotopic (exact) mass is 210 g/mol. The fourth-order valence-corrected chi connectivity index (χ4v) is 1.37. The first kappa shape index (κ1) is 10.5. The van der Waals surface area contributed by atoms with Crippen molar-refractivity contribution < 1.29 is 9.90 Å². The van der Waals surface area contributed by atoms with Crippen LogP contribution < -0.4 is 5.73 Å². The summed E-state index contributed by atoms with van der Waals surface area (Å²) in [4.78, 5) is 10.8. The third kappa shape index (κ3) is 1.84. The molecule has 14 heavy (non-hydrogen) atoms. The molecule has 0 atom stereocenters. The summed E-state index contributed by atoms with van der Waals surface area (Å²) in [6, 6.07) is 4.54. The number of aromatic carboxylic acids is 1. The van der Waals surface area contributed by atoms with Crippen molar-refractivity contribution in [3.8, 4) is 6.07 Å². The molecule has 0 saturated heterocycles. The highest BCUT2D eigenvalue weighted by atomic mass is 35.5. The van der Waals surface area contributed by atoms with Crippen molar-refractivity contribution in [3.05, 3.63) is 33.8 Å². The van der Waals surface area contributed by atoms with Crippen LogP contribution in [0.25, 0.3) is 0 Å². The smallest absolute Gasteiger partial charge is 0.336 e. The lowest BCUT2D eigenvalue weighted by atomic mass is 10.0. The van der Waals surface area contributed by atoms with Gasteiger partial charge in [-0.05, 0) is 17.7 Å². The average Bonchev–Trinajstić information content (AvgIpc) is 2.16. The number of rotatable bonds is 2.